The van der Waals surface area contributed by atoms with Crippen LogP contribution in [0.1, 0.15) is 42.7 Å². The van der Waals surface area contributed by atoms with Gasteiger partial charge in [-0.25, -0.2) is 9.67 Å². The van der Waals surface area contributed by atoms with Gasteiger partial charge in [-0.2, -0.15) is 0 Å². The Morgan fingerprint density at radius 3 is 2.84 bits per heavy atom. The lowest BCUT2D eigenvalue weighted by molar-refractivity contribution is -0.116. The van der Waals surface area contributed by atoms with Crippen LogP contribution in [0.3, 0.4) is 0 Å². The van der Waals surface area contributed by atoms with Gasteiger partial charge in [0.05, 0.1) is 24.8 Å². The molecule has 1 atom stereocenters. The number of pyridine rings is 1. The van der Waals surface area contributed by atoms with Crippen LogP contribution in [-0.2, 0) is 24.7 Å². The van der Waals surface area contributed by atoms with Gasteiger partial charge in [-0.05, 0) is 51.3 Å². The van der Waals surface area contributed by atoms with Gasteiger partial charge < -0.3 is 19.5 Å². The number of aromatic nitrogens is 3. The lowest BCUT2D eigenvalue weighted by Gasteiger charge is -2.14. The minimum Gasteiger partial charge on any atom is -0.492 e. The van der Waals surface area contributed by atoms with Crippen molar-refractivity contribution in [2.45, 2.75) is 53.1 Å². The summed E-state index contributed by atoms with van der Waals surface area (Å²) in [6, 6.07) is 3.84. The molecule has 8 heteroatoms. The first-order chi connectivity index (χ1) is 15.3. The van der Waals surface area contributed by atoms with E-state index in [0.717, 1.165) is 45.6 Å². The van der Waals surface area contributed by atoms with Crippen LogP contribution in [0.25, 0.3) is 11.0 Å². The summed E-state index contributed by atoms with van der Waals surface area (Å²) in [4.78, 5) is 17.6. The molecule has 0 spiro atoms. The monoisotopic (exact) mass is 438 g/mol. The Labute approximate surface area is 187 Å². The van der Waals surface area contributed by atoms with Gasteiger partial charge in [0.2, 0.25) is 11.8 Å². The van der Waals surface area contributed by atoms with Gasteiger partial charge in [0, 0.05) is 37.2 Å². The van der Waals surface area contributed by atoms with E-state index in [1.807, 2.05) is 46.9 Å². The Morgan fingerprint density at radius 1 is 1.34 bits per heavy atom. The average Bonchev–Trinajstić information content (AvgIpc) is 3.26. The van der Waals surface area contributed by atoms with Crippen molar-refractivity contribution in [1.29, 1.82) is 0 Å². The van der Waals surface area contributed by atoms with E-state index in [0.29, 0.717) is 36.8 Å². The Hall–Kier alpha value is -3.29. The predicted molar refractivity (Wildman–Crippen MR) is 123 cm³/mol. The van der Waals surface area contributed by atoms with E-state index in [1.165, 1.54) is 0 Å². The first-order valence-electron chi connectivity index (χ1n) is 10.9. The highest BCUT2D eigenvalue weighted by atomic mass is 16.5. The lowest BCUT2D eigenvalue weighted by atomic mass is 10.00. The molecule has 0 radical (unpaired) electrons. The summed E-state index contributed by atoms with van der Waals surface area (Å²) < 4.78 is 18.8. The minimum absolute atomic E-state index is 0.0889. The van der Waals surface area contributed by atoms with Crippen LogP contribution in [0.5, 0.6) is 17.4 Å². The second-order valence-electron chi connectivity index (χ2n) is 8.20. The molecule has 0 saturated carbocycles. The van der Waals surface area contributed by atoms with Crippen LogP contribution in [0.2, 0.25) is 0 Å². The maximum Gasteiger partial charge on any atom is 0.242 e. The zero-order chi connectivity index (χ0) is 23.0. The topological polar surface area (TPSA) is 87.5 Å². The van der Waals surface area contributed by atoms with Gasteiger partial charge in [-0.3, -0.25) is 4.79 Å². The zero-order valence-corrected chi connectivity index (χ0v) is 19.5. The molecule has 2 aromatic heterocycles. The highest BCUT2D eigenvalue weighted by Crippen LogP contribution is 2.38. The molecule has 3 aromatic rings. The van der Waals surface area contributed by atoms with Gasteiger partial charge in [0.1, 0.15) is 17.6 Å². The molecule has 1 N–H and O–H groups in total. The van der Waals surface area contributed by atoms with E-state index in [9.17, 15) is 4.79 Å². The number of anilines is 1. The third-order valence-electron chi connectivity index (χ3n) is 5.89. The summed E-state index contributed by atoms with van der Waals surface area (Å²) in [7, 11) is 3.45. The van der Waals surface area contributed by atoms with Crippen molar-refractivity contribution in [1.82, 2.24) is 14.8 Å². The molecule has 0 fully saturated rings. The number of carbonyl (C=O) groups excluding carboxylic acids is 1. The van der Waals surface area contributed by atoms with E-state index in [4.69, 9.17) is 19.2 Å². The second kappa shape index (κ2) is 8.68. The van der Waals surface area contributed by atoms with Gasteiger partial charge in [-0.1, -0.05) is 0 Å². The third kappa shape index (κ3) is 3.97. The molecular formula is C24H30N4O4. The van der Waals surface area contributed by atoms with Crippen molar-refractivity contribution in [2.24, 2.45) is 7.05 Å². The van der Waals surface area contributed by atoms with Crippen molar-refractivity contribution in [3.63, 3.8) is 0 Å². The molecule has 1 amide bonds. The van der Waals surface area contributed by atoms with Crippen LogP contribution in [0.4, 0.5) is 5.69 Å². The quantitative estimate of drug-likeness (QED) is 0.602. The number of benzene rings is 1. The number of hydrogen-bond donors (Lipinski definition) is 1. The molecule has 0 aliphatic carbocycles. The van der Waals surface area contributed by atoms with Gasteiger partial charge >= 0.3 is 0 Å². The van der Waals surface area contributed by atoms with E-state index >= 15 is 0 Å². The normalized spacial score (nSPS) is 14.9. The number of hydrogen-bond acceptors (Lipinski definition) is 6. The molecular weight excluding hydrogens is 408 g/mol. The van der Waals surface area contributed by atoms with Crippen LogP contribution < -0.4 is 19.5 Å². The fraction of sp³-hybridized carbons (Fsp3) is 0.458. The fourth-order valence-corrected chi connectivity index (χ4v) is 4.37. The number of nitrogens with zero attached hydrogens (tertiary/aromatic N) is 3. The number of ether oxygens (including phenoxy) is 3. The molecule has 8 nitrogen and oxygen atoms in total. The molecule has 1 aliphatic rings. The Morgan fingerprint density at radius 2 is 2.12 bits per heavy atom. The van der Waals surface area contributed by atoms with Crippen LogP contribution in [0.15, 0.2) is 12.1 Å². The molecule has 32 heavy (non-hydrogen) atoms. The number of rotatable bonds is 7. The van der Waals surface area contributed by atoms with Crippen molar-refractivity contribution in [2.75, 3.05) is 19.0 Å². The summed E-state index contributed by atoms with van der Waals surface area (Å²) in [6.45, 7) is 8.48. The van der Waals surface area contributed by atoms with Gasteiger partial charge in [0.25, 0.3) is 0 Å². The largest absolute Gasteiger partial charge is 0.492 e. The van der Waals surface area contributed by atoms with Crippen LogP contribution >= 0.6 is 0 Å². The first-order valence-corrected chi connectivity index (χ1v) is 10.9. The highest BCUT2D eigenvalue weighted by Gasteiger charge is 2.23. The van der Waals surface area contributed by atoms with Gasteiger partial charge in [0.15, 0.2) is 5.65 Å². The number of carbonyl (C=O) groups is 1. The van der Waals surface area contributed by atoms with Crippen molar-refractivity contribution < 1.29 is 19.0 Å². The average molecular weight is 439 g/mol. The minimum atomic E-state index is -0.0889. The number of nitrogens with one attached hydrogen (secondary N) is 1. The van der Waals surface area contributed by atoms with Crippen LogP contribution in [0, 0.1) is 13.8 Å². The molecule has 1 aliphatic heterocycles. The summed E-state index contributed by atoms with van der Waals surface area (Å²) in [5, 5.41) is 8.29. The second-order valence-corrected chi connectivity index (χ2v) is 8.20. The van der Waals surface area contributed by atoms with Crippen molar-refractivity contribution in [3.05, 3.63) is 34.5 Å². The zero-order valence-electron chi connectivity index (χ0n) is 19.5. The maximum atomic E-state index is 12.9. The van der Waals surface area contributed by atoms with Crippen molar-refractivity contribution in [3.8, 4) is 17.4 Å². The Bertz CT molecular complexity index is 1180. The van der Waals surface area contributed by atoms with Crippen molar-refractivity contribution >= 4 is 22.6 Å². The third-order valence-corrected chi connectivity index (χ3v) is 5.89. The van der Waals surface area contributed by atoms with Gasteiger partial charge in [-0.15, -0.1) is 5.10 Å². The number of fused-ring (bicyclic) bond motifs is 2. The smallest absolute Gasteiger partial charge is 0.242 e. The molecule has 170 valence electrons. The Kier molecular flexibility index (Phi) is 5.95. The fourth-order valence-electron chi connectivity index (χ4n) is 4.37. The number of aryl methyl sites for hydroxylation is 3. The van der Waals surface area contributed by atoms with E-state index in [2.05, 4.69) is 10.4 Å². The molecule has 0 bridgehead atoms. The Balaban J connectivity index is 1.54. The standard InChI is InChI=1S/C24H30N4O4/c1-7-31-20-11-16-10-13(2)32-19(16)12-18(20)26-21(29)9-8-17-14(3)22-23(25-15(17)4)28(5)27-24(22)30-6/h11-13H,7-10H2,1-6H3,(H,26,29). The van der Waals surface area contributed by atoms with Crippen LogP contribution in [-0.4, -0.2) is 40.5 Å². The molecule has 1 unspecified atom stereocenters. The first kappa shape index (κ1) is 21.9. The molecule has 3 heterocycles. The number of methoxy groups -OCH3 is 1. The predicted octanol–water partition coefficient (Wildman–Crippen LogP) is 3.89. The SMILES string of the molecule is CCOc1cc2c(cc1NC(=O)CCc1c(C)nc3c(c(OC)nn3C)c1C)OC(C)C2. The highest BCUT2D eigenvalue weighted by molar-refractivity contribution is 5.93. The molecule has 0 saturated heterocycles. The summed E-state index contributed by atoms with van der Waals surface area (Å²) in [5.41, 5.74) is 5.49. The van der Waals surface area contributed by atoms with E-state index in [1.54, 1.807) is 11.8 Å². The maximum absolute atomic E-state index is 12.9. The number of amides is 1. The molecule has 1 aromatic carbocycles. The van der Waals surface area contributed by atoms with E-state index in [-0.39, 0.29) is 12.0 Å². The summed E-state index contributed by atoms with van der Waals surface area (Å²) in [5.74, 6) is 1.94. The van der Waals surface area contributed by atoms with E-state index < -0.39 is 0 Å². The summed E-state index contributed by atoms with van der Waals surface area (Å²) in [6.07, 6.45) is 1.85. The summed E-state index contributed by atoms with van der Waals surface area (Å²) >= 11 is 0. The lowest BCUT2D eigenvalue weighted by Crippen LogP contribution is -2.14. The molecule has 4 rings (SSSR count).